The zero-order valence-corrected chi connectivity index (χ0v) is 11.5. The van der Waals surface area contributed by atoms with Crippen molar-refractivity contribution in [2.45, 2.75) is 0 Å². The van der Waals surface area contributed by atoms with Crippen LogP contribution in [0.1, 0.15) is 5.56 Å². The van der Waals surface area contributed by atoms with Gasteiger partial charge in [-0.1, -0.05) is 17.7 Å². The van der Waals surface area contributed by atoms with Crippen LogP contribution in [-0.2, 0) is 0 Å². The highest BCUT2D eigenvalue weighted by molar-refractivity contribution is 6.31. The second-order valence-corrected chi connectivity index (χ2v) is 4.60. The van der Waals surface area contributed by atoms with Crippen LogP contribution in [0.3, 0.4) is 0 Å². The lowest BCUT2D eigenvalue weighted by Gasteiger charge is -2.08. The third-order valence-corrected chi connectivity index (χ3v) is 3.16. The lowest BCUT2D eigenvalue weighted by molar-refractivity contribution is 0.481. The first-order valence-corrected chi connectivity index (χ1v) is 6.52. The van der Waals surface area contributed by atoms with Crippen LogP contribution in [-0.4, -0.2) is 4.98 Å². The fourth-order valence-corrected chi connectivity index (χ4v) is 2.06. The second-order valence-electron chi connectivity index (χ2n) is 4.19. The summed E-state index contributed by atoms with van der Waals surface area (Å²) < 4.78 is 10.9. The summed E-state index contributed by atoms with van der Waals surface area (Å²) in [6.45, 7) is 0. The van der Waals surface area contributed by atoms with Crippen molar-refractivity contribution in [1.29, 1.82) is 5.26 Å². The van der Waals surface area contributed by atoms with Gasteiger partial charge in [0.2, 0.25) is 5.89 Å². The van der Waals surface area contributed by atoms with Gasteiger partial charge in [0, 0.05) is 5.56 Å². The van der Waals surface area contributed by atoms with E-state index in [1.54, 1.807) is 36.5 Å². The summed E-state index contributed by atoms with van der Waals surface area (Å²) in [4.78, 5) is 4.07. The van der Waals surface area contributed by atoms with Gasteiger partial charge in [-0.25, -0.2) is 4.98 Å². The van der Waals surface area contributed by atoms with Crippen molar-refractivity contribution in [3.63, 3.8) is 0 Å². The number of aromatic nitrogens is 1. The molecule has 1 heterocycles. The number of hydrogen-bond donors (Lipinski definition) is 0. The molecule has 4 nitrogen and oxygen atoms in total. The molecule has 1 aromatic heterocycles. The highest BCUT2D eigenvalue weighted by atomic mass is 35.5. The molecule has 5 heteroatoms. The Kier molecular flexibility index (Phi) is 3.59. The van der Waals surface area contributed by atoms with Crippen LogP contribution in [0.25, 0.3) is 11.5 Å². The summed E-state index contributed by atoms with van der Waals surface area (Å²) >= 11 is 5.97. The molecule has 0 unspecified atom stereocenters. The maximum Gasteiger partial charge on any atom is 0.225 e. The molecule has 0 N–H and O–H groups in total. The summed E-state index contributed by atoms with van der Waals surface area (Å²) in [5.74, 6) is 1.57. The number of halogens is 1. The molecule has 0 saturated carbocycles. The molecule has 0 spiro atoms. The molecule has 0 atom stereocenters. The van der Waals surface area contributed by atoms with Gasteiger partial charge < -0.3 is 9.15 Å². The first kappa shape index (κ1) is 13.2. The van der Waals surface area contributed by atoms with Gasteiger partial charge in [0.25, 0.3) is 0 Å². The fourth-order valence-electron chi connectivity index (χ4n) is 1.86. The Morgan fingerprint density at radius 3 is 2.62 bits per heavy atom. The van der Waals surface area contributed by atoms with Crippen LogP contribution in [0.15, 0.2) is 59.3 Å². The van der Waals surface area contributed by atoms with Gasteiger partial charge in [-0.15, -0.1) is 0 Å². The fraction of sp³-hybridized carbons (Fsp3) is 0. The topological polar surface area (TPSA) is 59.0 Å². The van der Waals surface area contributed by atoms with Crippen molar-refractivity contribution >= 4 is 11.6 Å². The van der Waals surface area contributed by atoms with Gasteiger partial charge in [0.1, 0.15) is 29.4 Å². The molecule has 2 aromatic carbocycles. The lowest BCUT2D eigenvalue weighted by Crippen LogP contribution is -1.89. The van der Waals surface area contributed by atoms with E-state index in [2.05, 4.69) is 4.98 Å². The van der Waals surface area contributed by atoms with Crippen LogP contribution < -0.4 is 4.74 Å². The Morgan fingerprint density at radius 1 is 1.14 bits per heavy atom. The molecule has 0 aliphatic carbocycles. The minimum atomic E-state index is 0.316. The molecule has 0 fully saturated rings. The molecule has 0 aliphatic rings. The molecular formula is C16H9ClN2O2. The highest BCUT2D eigenvalue weighted by Gasteiger charge is 2.09. The van der Waals surface area contributed by atoms with E-state index in [-0.39, 0.29) is 0 Å². The van der Waals surface area contributed by atoms with Crippen molar-refractivity contribution in [3.8, 4) is 29.0 Å². The summed E-state index contributed by atoms with van der Waals surface area (Å²) in [6.07, 6.45) is 3.11. The van der Waals surface area contributed by atoms with Crippen molar-refractivity contribution in [3.05, 3.63) is 65.5 Å². The van der Waals surface area contributed by atoms with E-state index in [0.717, 1.165) is 5.56 Å². The van der Waals surface area contributed by atoms with Crippen LogP contribution in [0.2, 0.25) is 5.02 Å². The third kappa shape index (κ3) is 2.73. The predicted molar refractivity (Wildman–Crippen MR) is 78.2 cm³/mol. The van der Waals surface area contributed by atoms with E-state index >= 15 is 0 Å². The summed E-state index contributed by atoms with van der Waals surface area (Å²) in [5, 5.41) is 9.48. The highest BCUT2D eigenvalue weighted by Crippen LogP contribution is 2.30. The number of ether oxygens (including phenoxy) is 1. The van der Waals surface area contributed by atoms with Crippen molar-refractivity contribution in [1.82, 2.24) is 4.98 Å². The summed E-state index contributed by atoms with van der Waals surface area (Å²) in [5.41, 5.74) is 1.16. The Hall–Kier alpha value is -2.77. The SMILES string of the molecule is N#Cc1c(Cl)cccc1Oc1ccc(-c2ncco2)cc1. The molecule has 0 amide bonds. The van der Waals surface area contributed by atoms with Crippen molar-refractivity contribution in [2.75, 3.05) is 0 Å². The summed E-state index contributed by atoms with van der Waals surface area (Å²) in [6, 6.07) is 14.3. The second kappa shape index (κ2) is 5.70. The average Bonchev–Trinajstić information content (AvgIpc) is 3.03. The Bertz CT molecular complexity index is 790. The van der Waals surface area contributed by atoms with Crippen molar-refractivity contribution in [2.24, 2.45) is 0 Å². The third-order valence-electron chi connectivity index (χ3n) is 2.85. The zero-order chi connectivity index (χ0) is 14.7. The zero-order valence-electron chi connectivity index (χ0n) is 10.8. The molecule has 102 valence electrons. The number of nitriles is 1. The van der Waals surface area contributed by atoms with E-state index in [0.29, 0.717) is 28.0 Å². The van der Waals surface area contributed by atoms with Crippen LogP contribution in [0.4, 0.5) is 0 Å². The minimum absolute atomic E-state index is 0.316. The van der Waals surface area contributed by atoms with Crippen molar-refractivity contribution < 1.29 is 9.15 Å². The van der Waals surface area contributed by atoms with Gasteiger partial charge in [-0.05, 0) is 36.4 Å². The van der Waals surface area contributed by atoms with Crippen LogP contribution in [0.5, 0.6) is 11.5 Å². The molecule has 0 aliphatic heterocycles. The van der Waals surface area contributed by atoms with Gasteiger partial charge in [-0.2, -0.15) is 5.26 Å². The lowest BCUT2D eigenvalue weighted by atomic mass is 10.2. The Morgan fingerprint density at radius 2 is 1.95 bits per heavy atom. The number of oxazole rings is 1. The number of nitrogens with zero attached hydrogens (tertiary/aromatic N) is 2. The van der Waals surface area contributed by atoms with Gasteiger partial charge in [0.15, 0.2) is 0 Å². The molecule has 3 rings (SSSR count). The van der Waals surface area contributed by atoms with E-state index in [4.69, 9.17) is 26.0 Å². The maximum absolute atomic E-state index is 9.11. The molecule has 0 radical (unpaired) electrons. The maximum atomic E-state index is 9.11. The van der Waals surface area contributed by atoms with E-state index in [9.17, 15) is 0 Å². The number of rotatable bonds is 3. The molecular weight excluding hydrogens is 288 g/mol. The predicted octanol–water partition coefficient (Wildman–Crippen LogP) is 4.66. The normalized spacial score (nSPS) is 10.1. The van der Waals surface area contributed by atoms with Gasteiger partial charge >= 0.3 is 0 Å². The average molecular weight is 297 g/mol. The van der Waals surface area contributed by atoms with E-state index < -0.39 is 0 Å². The summed E-state index contributed by atoms with van der Waals surface area (Å²) in [7, 11) is 0. The van der Waals surface area contributed by atoms with Gasteiger partial charge in [-0.3, -0.25) is 0 Å². The molecule has 0 bridgehead atoms. The van der Waals surface area contributed by atoms with E-state index in [1.165, 1.54) is 6.26 Å². The minimum Gasteiger partial charge on any atom is -0.456 e. The quantitative estimate of drug-likeness (QED) is 0.705. The Labute approximate surface area is 126 Å². The standard InChI is InChI=1S/C16H9ClN2O2/c17-14-2-1-3-15(13(14)10-18)21-12-6-4-11(5-7-12)16-19-8-9-20-16/h1-9H. The first-order chi connectivity index (χ1) is 10.3. The van der Waals surface area contributed by atoms with Gasteiger partial charge in [0.05, 0.1) is 11.2 Å². The molecule has 3 aromatic rings. The van der Waals surface area contributed by atoms with Crippen LogP contribution in [0, 0.1) is 11.3 Å². The van der Waals surface area contributed by atoms with E-state index in [1.807, 2.05) is 18.2 Å². The first-order valence-electron chi connectivity index (χ1n) is 6.14. The molecule has 21 heavy (non-hydrogen) atoms. The smallest absolute Gasteiger partial charge is 0.225 e. The largest absolute Gasteiger partial charge is 0.456 e. The number of hydrogen-bond acceptors (Lipinski definition) is 4. The Balaban J connectivity index is 1.87. The molecule has 0 saturated heterocycles. The number of benzene rings is 2. The van der Waals surface area contributed by atoms with Crippen LogP contribution >= 0.6 is 11.6 Å². The monoisotopic (exact) mass is 296 g/mol.